The average molecular weight is 253 g/mol. The molecule has 3 N–H and O–H groups in total. The van der Waals surface area contributed by atoms with Crippen molar-refractivity contribution >= 4 is 5.91 Å². The van der Waals surface area contributed by atoms with Crippen molar-refractivity contribution in [2.24, 2.45) is 11.7 Å². The Labute approximate surface area is 108 Å². The Bertz CT molecular complexity index is 374. The fourth-order valence-electron chi connectivity index (χ4n) is 1.60. The van der Waals surface area contributed by atoms with Gasteiger partial charge in [-0.25, -0.2) is 0 Å². The SMILES string of the molecule is CC(C)CCC(C)NC(=O)c1cn(CCN)nn1. The fourth-order valence-corrected chi connectivity index (χ4v) is 1.60. The maximum Gasteiger partial charge on any atom is 0.273 e. The lowest BCUT2D eigenvalue weighted by Crippen LogP contribution is -2.33. The second-order valence-corrected chi connectivity index (χ2v) is 5.00. The Hall–Kier alpha value is -1.43. The van der Waals surface area contributed by atoms with E-state index in [0.717, 1.165) is 12.8 Å². The first-order chi connectivity index (χ1) is 8.52. The first-order valence-electron chi connectivity index (χ1n) is 6.44. The Balaban J connectivity index is 2.43. The van der Waals surface area contributed by atoms with Crippen molar-refractivity contribution in [2.75, 3.05) is 6.54 Å². The minimum absolute atomic E-state index is 0.152. The van der Waals surface area contributed by atoms with Gasteiger partial charge in [-0.15, -0.1) is 5.10 Å². The van der Waals surface area contributed by atoms with Crippen LogP contribution in [0.2, 0.25) is 0 Å². The molecular weight excluding hydrogens is 230 g/mol. The molecule has 0 saturated carbocycles. The first-order valence-corrected chi connectivity index (χ1v) is 6.44. The van der Waals surface area contributed by atoms with Gasteiger partial charge >= 0.3 is 0 Å². The van der Waals surface area contributed by atoms with Crippen LogP contribution in [-0.4, -0.2) is 33.5 Å². The van der Waals surface area contributed by atoms with Crippen molar-refractivity contribution in [3.63, 3.8) is 0 Å². The maximum absolute atomic E-state index is 11.9. The topological polar surface area (TPSA) is 85.8 Å². The molecule has 1 heterocycles. The van der Waals surface area contributed by atoms with Gasteiger partial charge in [-0.1, -0.05) is 19.1 Å². The lowest BCUT2D eigenvalue weighted by atomic mass is 10.0. The van der Waals surface area contributed by atoms with Gasteiger partial charge in [-0.05, 0) is 25.7 Å². The van der Waals surface area contributed by atoms with Crippen LogP contribution in [0.5, 0.6) is 0 Å². The molecule has 1 aromatic rings. The van der Waals surface area contributed by atoms with Crippen molar-refractivity contribution in [3.05, 3.63) is 11.9 Å². The molecule has 0 aliphatic carbocycles. The van der Waals surface area contributed by atoms with Gasteiger partial charge in [-0.3, -0.25) is 9.48 Å². The standard InChI is InChI=1S/C12H23N5O/c1-9(2)4-5-10(3)14-12(18)11-8-17(7-6-13)16-15-11/h8-10H,4-7,13H2,1-3H3,(H,14,18). The normalized spacial score (nSPS) is 12.7. The quantitative estimate of drug-likeness (QED) is 0.752. The molecular formula is C12H23N5O. The lowest BCUT2D eigenvalue weighted by molar-refractivity contribution is 0.0932. The lowest BCUT2D eigenvalue weighted by Gasteiger charge is -2.13. The van der Waals surface area contributed by atoms with E-state index in [1.165, 1.54) is 0 Å². The van der Waals surface area contributed by atoms with Crippen LogP contribution < -0.4 is 11.1 Å². The molecule has 1 amide bonds. The van der Waals surface area contributed by atoms with Crippen molar-refractivity contribution < 1.29 is 4.79 Å². The van der Waals surface area contributed by atoms with Crippen molar-refractivity contribution in [3.8, 4) is 0 Å². The molecule has 1 unspecified atom stereocenters. The van der Waals surface area contributed by atoms with Crippen LogP contribution in [0.25, 0.3) is 0 Å². The van der Waals surface area contributed by atoms with Gasteiger partial charge < -0.3 is 11.1 Å². The van der Waals surface area contributed by atoms with Gasteiger partial charge in [-0.2, -0.15) is 0 Å². The molecule has 0 aliphatic rings. The van der Waals surface area contributed by atoms with Gasteiger partial charge in [0.15, 0.2) is 5.69 Å². The van der Waals surface area contributed by atoms with E-state index in [9.17, 15) is 4.79 Å². The predicted octanol–water partition coefficient (Wildman–Crippen LogP) is 0.791. The summed E-state index contributed by atoms with van der Waals surface area (Å²) < 4.78 is 1.58. The highest BCUT2D eigenvalue weighted by Gasteiger charge is 2.13. The molecule has 0 radical (unpaired) electrons. The highest BCUT2D eigenvalue weighted by atomic mass is 16.2. The third kappa shape index (κ3) is 4.83. The number of nitrogens with zero attached hydrogens (tertiary/aromatic N) is 3. The molecule has 0 bridgehead atoms. The highest BCUT2D eigenvalue weighted by molar-refractivity contribution is 5.92. The predicted molar refractivity (Wildman–Crippen MR) is 70.1 cm³/mol. The summed E-state index contributed by atoms with van der Waals surface area (Å²) in [5, 5.41) is 10.6. The Morgan fingerprint density at radius 3 is 2.78 bits per heavy atom. The molecule has 1 aromatic heterocycles. The summed E-state index contributed by atoms with van der Waals surface area (Å²) in [5.41, 5.74) is 5.75. The van der Waals surface area contributed by atoms with Crippen LogP contribution in [0, 0.1) is 5.92 Å². The third-order valence-corrected chi connectivity index (χ3v) is 2.68. The van der Waals surface area contributed by atoms with Crippen LogP contribution in [0.4, 0.5) is 0 Å². The number of carbonyl (C=O) groups excluding carboxylic acids is 1. The van der Waals surface area contributed by atoms with Gasteiger partial charge in [0.05, 0.1) is 12.7 Å². The average Bonchev–Trinajstić information content (AvgIpc) is 2.75. The Morgan fingerprint density at radius 1 is 1.44 bits per heavy atom. The van der Waals surface area contributed by atoms with Crippen LogP contribution >= 0.6 is 0 Å². The highest BCUT2D eigenvalue weighted by Crippen LogP contribution is 2.06. The summed E-state index contributed by atoms with van der Waals surface area (Å²) in [4.78, 5) is 11.9. The first kappa shape index (κ1) is 14.6. The van der Waals surface area contributed by atoms with E-state index in [-0.39, 0.29) is 11.9 Å². The molecule has 102 valence electrons. The van der Waals surface area contributed by atoms with Crippen molar-refractivity contribution in [1.29, 1.82) is 0 Å². The minimum atomic E-state index is -0.172. The maximum atomic E-state index is 11.9. The van der Waals surface area contributed by atoms with Crippen LogP contribution in [0.15, 0.2) is 6.20 Å². The summed E-state index contributed by atoms with van der Waals surface area (Å²) in [6, 6.07) is 0.152. The molecule has 1 rings (SSSR count). The summed E-state index contributed by atoms with van der Waals surface area (Å²) in [6.45, 7) is 7.41. The molecule has 0 saturated heterocycles. The number of amides is 1. The second kappa shape index (κ2) is 7.10. The fraction of sp³-hybridized carbons (Fsp3) is 0.750. The summed E-state index contributed by atoms with van der Waals surface area (Å²) in [5.74, 6) is 0.476. The largest absolute Gasteiger partial charge is 0.348 e. The number of nitrogens with one attached hydrogen (secondary N) is 1. The minimum Gasteiger partial charge on any atom is -0.348 e. The number of aromatic nitrogens is 3. The van der Waals surface area contributed by atoms with E-state index in [0.29, 0.717) is 24.7 Å². The molecule has 0 aliphatic heterocycles. The van der Waals surface area contributed by atoms with E-state index in [1.807, 2.05) is 6.92 Å². The van der Waals surface area contributed by atoms with E-state index < -0.39 is 0 Å². The van der Waals surface area contributed by atoms with Gasteiger partial charge in [0, 0.05) is 12.6 Å². The molecule has 0 fully saturated rings. The molecule has 6 nitrogen and oxygen atoms in total. The zero-order valence-corrected chi connectivity index (χ0v) is 11.4. The van der Waals surface area contributed by atoms with Crippen LogP contribution in [0.3, 0.4) is 0 Å². The van der Waals surface area contributed by atoms with Gasteiger partial charge in [0.1, 0.15) is 0 Å². The van der Waals surface area contributed by atoms with E-state index in [1.54, 1.807) is 10.9 Å². The third-order valence-electron chi connectivity index (χ3n) is 2.68. The van der Waals surface area contributed by atoms with Gasteiger partial charge in [0.2, 0.25) is 0 Å². The Kier molecular flexibility index (Phi) is 5.77. The number of nitrogens with two attached hydrogens (primary N) is 1. The molecule has 0 aromatic carbocycles. The zero-order chi connectivity index (χ0) is 13.5. The summed E-state index contributed by atoms with van der Waals surface area (Å²) >= 11 is 0. The smallest absolute Gasteiger partial charge is 0.273 e. The van der Waals surface area contributed by atoms with E-state index >= 15 is 0 Å². The van der Waals surface area contributed by atoms with Crippen molar-refractivity contribution in [1.82, 2.24) is 20.3 Å². The Morgan fingerprint density at radius 2 is 2.17 bits per heavy atom. The van der Waals surface area contributed by atoms with E-state index in [4.69, 9.17) is 5.73 Å². The van der Waals surface area contributed by atoms with Crippen LogP contribution in [-0.2, 0) is 6.54 Å². The molecule has 0 spiro atoms. The second-order valence-electron chi connectivity index (χ2n) is 5.00. The number of hydrogen-bond donors (Lipinski definition) is 2. The number of carbonyl (C=O) groups is 1. The molecule has 6 heteroatoms. The van der Waals surface area contributed by atoms with Gasteiger partial charge in [0.25, 0.3) is 5.91 Å². The van der Waals surface area contributed by atoms with E-state index in [2.05, 4.69) is 29.5 Å². The molecule has 18 heavy (non-hydrogen) atoms. The monoisotopic (exact) mass is 253 g/mol. The summed E-state index contributed by atoms with van der Waals surface area (Å²) in [6.07, 6.45) is 3.69. The number of rotatable bonds is 7. The number of hydrogen-bond acceptors (Lipinski definition) is 4. The van der Waals surface area contributed by atoms with Crippen molar-refractivity contribution in [2.45, 2.75) is 46.2 Å². The zero-order valence-electron chi connectivity index (χ0n) is 11.4. The summed E-state index contributed by atoms with van der Waals surface area (Å²) in [7, 11) is 0. The van der Waals surface area contributed by atoms with Crippen LogP contribution in [0.1, 0.15) is 44.1 Å². The molecule has 1 atom stereocenters.